The SMILES string of the molecule is COCC(CCCN)Nc1ccc(N(C)C)c(Cl)c1. The first-order chi connectivity index (χ1) is 9.08. The van der Waals surface area contributed by atoms with E-state index in [4.69, 9.17) is 22.1 Å². The van der Waals surface area contributed by atoms with Gasteiger partial charge in [0.1, 0.15) is 0 Å². The van der Waals surface area contributed by atoms with Crippen LogP contribution < -0.4 is 16.0 Å². The highest BCUT2D eigenvalue weighted by Crippen LogP contribution is 2.27. The van der Waals surface area contributed by atoms with Crippen molar-refractivity contribution in [2.24, 2.45) is 5.73 Å². The summed E-state index contributed by atoms with van der Waals surface area (Å²) in [7, 11) is 5.66. The number of rotatable bonds is 8. The molecule has 0 radical (unpaired) electrons. The van der Waals surface area contributed by atoms with Crippen LogP contribution in [-0.2, 0) is 4.74 Å². The highest BCUT2D eigenvalue weighted by atomic mass is 35.5. The Morgan fingerprint density at radius 3 is 2.68 bits per heavy atom. The van der Waals surface area contributed by atoms with Crippen LogP contribution in [0.15, 0.2) is 18.2 Å². The Balaban J connectivity index is 2.70. The normalized spacial score (nSPS) is 12.3. The largest absolute Gasteiger partial charge is 0.383 e. The molecule has 108 valence electrons. The van der Waals surface area contributed by atoms with Crippen molar-refractivity contribution in [2.45, 2.75) is 18.9 Å². The fourth-order valence-electron chi connectivity index (χ4n) is 1.96. The summed E-state index contributed by atoms with van der Waals surface area (Å²) >= 11 is 6.26. The smallest absolute Gasteiger partial charge is 0.0664 e. The predicted molar refractivity (Wildman–Crippen MR) is 83.4 cm³/mol. The van der Waals surface area contributed by atoms with Gasteiger partial charge in [-0.05, 0) is 37.6 Å². The summed E-state index contributed by atoms with van der Waals surface area (Å²) in [6.07, 6.45) is 1.96. The van der Waals surface area contributed by atoms with Crippen molar-refractivity contribution in [3.8, 4) is 0 Å². The molecule has 1 unspecified atom stereocenters. The second kappa shape index (κ2) is 8.25. The summed E-state index contributed by atoms with van der Waals surface area (Å²) in [5, 5.41) is 4.18. The van der Waals surface area contributed by atoms with Gasteiger partial charge in [0.25, 0.3) is 0 Å². The van der Waals surface area contributed by atoms with E-state index in [0.29, 0.717) is 13.2 Å². The van der Waals surface area contributed by atoms with Crippen molar-refractivity contribution < 1.29 is 4.74 Å². The summed E-state index contributed by atoms with van der Waals surface area (Å²) < 4.78 is 5.22. The van der Waals surface area contributed by atoms with Gasteiger partial charge < -0.3 is 20.7 Å². The van der Waals surface area contributed by atoms with Crippen LogP contribution in [0.1, 0.15) is 12.8 Å². The molecule has 5 heteroatoms. The molecule has 0 aliphatic rings. The van der Waals surface area contributed by atoms with E-state index < -0.39 is 0 Å². The third-order valence-corrected chi connectivity index (χ3v) is 3.23. The van der Waals surface area contributed by atoms with Crippen LogP contribution in [0, 0.1) is 0 Å². The Labute approximate surface area is 120 Å². The average Bonchev–Trinajstić information content (AvgIpc) is 2.36. The molecule has 0 aliphatic heterocycles. The summed E-state index contributed by atoms with van der Waals surface area (Å²) in [6, 6.07) is 6.25. The molecule has 3 N–H and O–H groups in total. The molecule has 0 fully saturated rings. The Bertz CT molecular complexity index is 385. The number of halogens is 1. The molecule has 0 saturated carbocycles. The van der Waals surface area contributed by atoms with Gasteiger partial charge in [-0.2, -0.15) is 0 Å². The minimum Gasteiger partial charge on any atom is -0.383 e. The minimum atomic E-state index is 0.259. The maximum atomic E-state index is 6.26. The van der Waals surface area contributed by atoms with Gasteiger partial charge in [-0.1, -0.05) is 11.6 Å². The fourth-order valence-corrected chi connectivity index (χ4v) is 2.31. The van der Waals surface area contributed by atoms with Gasteiger partial charge in [-0.3, -0.25) is 0 Å². The first kappa shape index (κ1) is 16.1. The van der Waals surface area contributed by atoms with Crippen LogP contribution >= 0.6 is 11.6 Å². The van der Waals surface area contributed by atoms with Crippen LogP contribution in [0.3, 0.4) is 0 Å². The predicted octanol–water partition coefficient (Wildman–Crippen LogP) is 2.57. The summed E-state index contributed by atoms with van der Waals surface area (Å²) in [4.78, 5) is 1.99. The van der Waals surface area contributed by atoms with Crippen molar-refractivity contribution in [2.75, 3.05) is 44.6 Å². The Kier molecular flexibility index (Phi) is 6.99. The monoisotopic (exact) mass is 285 g/mol. The maximum absolute atomic E-state index is 6.26. The van der Waals surface area contributed by atoms with Crippen molar-refractivity contribution >= 4 is 23.0 Å². The highest BCUT2D eigenvalue weighted by molar-refractivity contribution is 6.33. The van der Waals surface area contributed by atoms with Crippen LogP contribution in [-0.4, -0.2) is 40.4 Å². The third kappa shape index (κ3) is 5.27. The van der Waals surface area contributed by atoms with Crippen molar-refractivity contribution in [3.63, 3.8) is 0 Å². The molecule has 1 aromatic rings. The lowest BCUT2D eigenvalue weighted by molar-refractivity contribution is 0.182. The second-order valence-corrected chi connectivity index (χ2v) is 5.20. The number of nitrogens with zero attached hydrogens (tertiary/aromatic N) is 1. The third-order valence-electron chi connectivity index (χ3n) is 2.92. The van der Waals surface area contributed by atoms with E-state index in [1.807, 2.05) is 37.2 Å². The zero-order valence-corrected chi connectivity index (χ0v) is 12.7. The molecule has 1 rings (SSSR count). The summed E-state index contributed by atoms with van der Waals surface area (Å²) in [5.41, 5.74) is 7.57. The Morgan fingerprint density at radius 1 is 1.42 bits per heavy atom. The van der Waals surface area contributed by atoms with E-state index in [-0.39, 0.29) is 6.04 Å². The van der Waals surface area contributed by atoms with Crippen molar-refractivity contribution in [1.82, 2.24) is 0 Å². The number of hydrogen-bond acceptors (Lipinski definition) is 4. The number of nitrogens with one attached hydrogen (secondary N) is 1. The molecule has 1 atom stereocenters. The number of methoxy groups -OCH3 is 1. The first-order valence-corrected chi connectivity index (χ1v) is 6.88. The quantitative estimate of drug-likeness (QED) is 0.771. The zero-order valence-electron chi connectivity index (χ0n) is 11.9. The molecule has 0 spiro atoms. The van der Waals surface area contributed by atoms with Gasteiger partial charge in [-0.25, -0.2) is 0 Å². The molecular weight excluding hydrogens is 262 g/mol. The van der Waals surface area contributed by atoms with Crippen molar-refractivity contribution in [3.05, 3.63) is 23.2 Å². The number of ether oxygens (including phenoxy) is 1. The molecule has 0 aromatic heterocycles. The van der Waals surface area contributed by atoms with Crippen molar-refractivity contribution in [1.29, 1.82) is 0 Å². The van der Waals surface area contributed by atoms with Crippen LogP contribution in [0.25, 0.3) is 0 Å². The molecule has 1 aromatic carbocycles. The molecular formula is C14H24ClN3O. The number of anilines is 2. The van der Waals surface area contributed by atoms with E-state index in [9.17, 15) is 0 Å². The first-order valence-electron chi connectivity index (χ1n) is 6.51. The molecule has 0 heterocycles. The topological polar surface area (TPSA) is 50.5 Å². The van der Waals surface area contributed by atoms with Gasteiger partial charge >= 0.3 is 0 Å². The highest BCUT2D eigenvalue weighted by Gasteiger charge is 2.09. The second-order valence-electron chi connectivity index (χ2n) is 4.79. The maximum Gasteiger partial charge on any atom is 0.0664 e. The van der Waals surface area contributed by atoms with E-state index in [0.717, 1.165) is 29.2 Å². The van der Waals surface area contributed by atoms with E-state index >= 15 is 0 Å². The van der Waals surface area contributed by atoms with Gasteiger partial charge in [-0.15, -0.1) is 0 Å². The van der Waals surface area contributed by atoms with Gasteiger partial charge in [0.05, 0.1) is 17.3 Å². The lowest BCUT2D eigenvalue weighted by Crippen LogP contribution is -2.25. The Hall–Kier alpha value is -0.970. The van der Waals surface area contributed by atoms with Crippen LogP contribution in [0.2, 0.25) is 5.02 Å². The molecule has 0 bridgehead atoms. The number of hydrogen-bond donors (Lipinski definition) is 2. The minimum absolute atomic E-state index is 0.259. The molecule has 19 heavy (non-hydrogen) atoms. The number of benzene rings is 1. The summed E-state index contributed by atoms with van der Waals surface area (Å²) in [5.74, 6) is 0. The molecule has 0 amide bonds. The lowest BCUT2D eigenvalue weighted by atomic mass is 10.1. The molecule has 0 aliphatic carbocycles. The molecule has 4 nitrogen and oxygen atoms in total. The fraction of sp³-hybridized carbons (Fsp3) is 0.571. The van der Waals surface area contributed by atoms with Gasteiger partial charge in [0.2, 0.25) is 0 Å². The van der Waals surface area contributed by atoms with Crippen LogP contribution in [0.5, 0.6) is 0 Å². The van der Waals surface area contributed by atoms with Crippen LogP contribution in [0.4, 0.5) is 11.4 Å². The summed E-state index contributed by atoms with van der Waals surface area (Å²) in [6.45, 7) is 1.36. The van der Waals surface area contributed by atoms with Gasteiger partial charge in [0.15, 0.2) is 0 Å². The van der Waals surface area contributed by atoms with Gasteiger partial charge in [0, 0.05) is 32.9 Å². The van der Waals surface area contributed by atoms with E-state index in [2.05, 4.69) is 5.32 Å². The number of nitrogens with two attached hydrogens (primary N) is 1. The average molecular weight is 286 g/mol. The standard InChI is InChI=1S/C14H24ClN3O/c1-18(2)14-7-6-11(9-13(14)15)17-12(10-19-3)5-4-8-16/h6-7,9,12,17H,4-5,8,10,16H2,1-3H3. The van der Waals surface area contributed by atoms with E-state index in [1.54, 1.807) is 7.11 Å². The van der Waals surface area contributed by atoms with E-state index in [1.165, 1.54) is 0 Å². The zero-order chi connectivity index (χ0) is 14.3. The molecule has 0 saturated heterocycles. The lowest BCUT2D eigenvalue weighted by Gasteiger charge is -2.20. The Morgan fingerprint density at radius 2 is 2.16 bits per heavy atom.